The Balaban J connectivity index is 1.97. The van der Waals surface area contributed by atoms with Crippen molar-refractivity contribution in [3.8, 4) is 0 Å². The van der Waals surface area contributed by atoms with Crippen LogP contribution in [0.15, 0.2) is 36.4 Å². The zero-order valence-corrected chi connectivity index (χ0v) is 13.1. The maximum absolute atomic E-state index is 11.7. The quantitative estimate of drug-likeness (QED) is 0.760. The number of carbonyl (C=O) groups is 2. The molecule has 1 aromatic carbocycles. The van der Waals surface area contributed by atoms with Crippen LogP contribution in [0.1, 0.15) is 30.8 Å². The first-order valence-corrected chi connectivity index (χ1v) is 7.35. The maximum atomic E-state index is 11.7. The molecule has 0 aliphatic rings. The smallest absolute Gasteiger partial charge is 0.271 e. The predicted octanol–water partition coefficient (Wildman–Crippen LogP) is 2.32. The first-order valence-electron chi connectivity index (χ1n) is 7.35. The number of anilines is 3. The molecule has 0 atom stereocenters. The van der Waals surface area contributed by atoms with Gasteiger partial charge in [-0.05, 0) is 42.8 Å². The molecule has 0 aliphatic carbocycles. The zero-order valence-electron chi connectivity index (χ0n) is 13.1. The highest BCUT2D eigenvalue weighted by molar-refractivity contribution is 5.92. The minimum absolute atomic E-state index is 0.117. The Morgan fingerprint density at radius 1 is 1.00 bits per heavy atom. The van der Waals surface area contributed by atoms with Gasteiger partial charge >= 0.3 is 0 Å². The molecule has 1 aromatic heterocycles. The van der Waals surface area contributed by atoms with Crippen LogP contribution in [-0.2, 0) is 4.79 Å². The standard InChI is InChI=1S/C16H19N5O2/c1-3-10-17-16(23)14-8-9-15(21-20-14)19-13-6-4-12(5-7-13)18-11(2)22/h4-9H,3,10H2,1-2H3,(H,17,23)(H,18,22)(H,19,21). The van der Waals surface area contributed by atoms with Crippen molar-refractivity contribution in [2.24, 2.45) is 0 Å². The minimum atomic E-state index is -0.231. The third-order valence-electron chi connectivity index (χ3n) is 2.91. The van der Waals surface area contributed by atoms with Crippen LogP contribution in [0.3, 0.4) is 0 Å². The summed E-state index contributed by atoms with van der Waals surface area (Å²) in [6.07, 6.45) is 0.868. The number of carbonyl (C=O) groups excluding carboxylic acids is 2. The van der Waals surface area contributed by atoms with Gasteiger partial charge in [-0.15, -0.1) is 10.2 Å². The molecule has 23 heavy (non-hydrogen) atoms. The largest absolute Gasteiger partial charge is 0.351 e. The average Bonchev–Trinajstić information content (AvgIpc) is 2.54. The number of amides is 2. The summed E-state index contributed by atoms with van der Waals surface area (Å²) in [6.45, 7) is 4.05. The number of nitrogens with zero attached hydrogens (tertiary/aromatic N) is 2. The van der Waals surface area contributed by atoms with E-state index in [0.717, 1.165) is 17.8 Å². The lowest BCUT2D eigenvalue weighted by atomic mass is 10.2. The molecule has 0 fully saturated rings. The van der Waals surface area contributed by atoms with Gasteiger partial charge in [0.15, 0.2) is 11.5 Å². The zero-order chi connectivity index (χ0) is 16.7. The summed E-state index contributed by atoms with van der Waals surface area (Å²) in [5.74, 6) is 0.184. The summed E-state index contributed by atoms with van der Waals surface area (Å²) in [4.78, 5) is 22.7. The predicted molar refractivity (Wildman–Crippen MR) is 88.7 cm³/mol. The highest BCUT2D eigenvalue weighted by Gasteiger charge is 2.07. The summed E-state index contributed by atoms with van der Waals surface area (Å²) < 4.78 is 0. The van der Waals surface area contributed by atoms with Gasteiger partial charge in [0.1, 0.15) is 0 Å². The number of hydrogen-bond acceptors (Lipinski definition) is 5. The van der Waals surface area contributed by atoms with Gasteiger partial charge in [-0.2, -0.15) is 0 Å². The third kappa shape index (κ3) is 5.06. The summed E-state index contributed by atoms with van der Waals surface area (Å²) in [7, 11) is 0. The monoisotopic (exact) mass is 313 g/mol. The number of benzene rings is 1. The maximum Gasteiger partial charge on any atom is 0.271 e. The summed E-state index contributed by atoms with van der Waals surface area (Å²) in [5, 5.41) is 16.4. The Kier molecular flexibility index (Phi) is 5.62. The fourth-order valence-corrected chi connectivity index (χ4v) is 1.84. The van der Waals surface area contributed by atoms with Gasteiger partial charge in [0.2, 0.25) is 5.91 Å². The van der Waals surface area contributed by atoms with E-state index in [1.165, 1.54) is 6.92 Å². The van der Waals surface area contributed by atoms with Gasteiger partial charge in [0.05, 0.1) is 0 Å². The Bertz CT molecular complexity index is 668. The number of hydrogen-bond donors (Lipinski definition) is 3. The van der Waals surface area contributed by atoms with Crippen molar-refractivity contribution in [1.29, 1.82) is 0 Å². The van der Waals surface area contributed by atoms with E-state index >= 15 is 0 Å². The number of nitrogens with one attached hydrogen (secondary N) is 3. The molecule has 7 nitrogen and oxygen atoms in total. The van der Waals surface area contributed by atoms with Gasteiger partial charge in [-0.3, -0.25) is 9.59 Å². The van der Waals surface area contributed by atoms with Crippen molar-refractivity contribution in [1.82, 2.24) is 15.5 Å². The molecule has 2 rings (SSSR count). The molecule has 0 aliphatic heterocycles. The van der Waals surface area contributed by atoms with Gasteiger partial charge in [0.25, 0.3) is 5.91 Å². The Hall–Kier alpha value is -2.96. The highest BCUT2D eigenvalue weighted by Crippen LogP contribution is 2.17. The van der Waals surface area contributed by atoms with Crippen molar-refractivity contribution < 1.29 is 9.59 Å². The molecule has 0 saturated carbocycles. The second kappa shape index (κ2) is 7.88. The Morgan fingerprint density at radius 3 is 2.26 bits per heavy atom. The van der Waals surface area contributed by atoms with Crippen LogP contribution >= 0.6 is 0 Å². The van der Waals surface area contributed by atoms with Crippen LogP contribution in [-0.4, -0.2) is 28.6 Å². The summed E-state index contributed by atoms with van der Waals surface area (Å²) in [6, 6.07) is 10.5. The van der Waals surface area contributed by atoms with Crippen molar-refractivity contribution >= 4 is 29.0 Å². The molecule has 3 N–H and O–H groups in total. The molecular weight excluding hydrogens is 294 g/mol. The molecule has 120 valence electrons. The molecular formula is C16H19N5O2. The van der Waals surface area contributed by atoms with E-state index in [4.69, 9.17) is 0 Å². The Morgan fingerprint density at radius 2 is 1.70 bits per heavy atom. The van der Waals surface area contributed by atoms with E-state index < -0.39 is 0 Å². The van der Waals surface area contributed by atoms with Gasteiger partial charge in [0, 0.05) is 24.8 Å². The van der Waals surface area contributed by atoms with Crippen LogP contribution in [0.4, 0.5) is 17.2 Å². The third-order valence-corrected chi connectivity index (χ3v) is 2.91. The normalized spacial score (nSPS) is 10.0. The van der Waals surface area contributed by atoms with Crippen LogP contribution < -0.4 is 16.0 Å². The molecule has 7 heteroatoms. The lowest BCUT2D eigenvalue weighted by Gasteiger charge is -2.07. The summed E-state index contributed by atoms with van der Waals surface area (Å²) >= 11 is 0. The lowest BCUT2D eigenvalue weighted by molar-refractivity contribution is -0.114. The van der Waals surface area contributed by atoms with Crippen LogP contribution in [0.2, 0.25) is 0 Å². The van der Waals surface area contributed by atoms with E-state index in [-0.39, 0.29) is 17.5 Å². The van der Waals surface area contributed by atoms with Crippen molar-refractivity contribution in [3.05, 3.63) is 42.1 Å². The highest BCUT2D eigenvalue weighted by atomic mass is 16.2. The van der Waals surface area contributed by atoms with Crippen molar-refractivity contribution in [3.63, 3.8) is 0 Å². The summed E-state index contributed by atoms with van der Waals surface area (Å²) in [5.41, 5.74) is 1.80. The number of rotatable bonds is 6. The Labute approximate surface area is 134 Å². The lowest BCUT2D eigenvalue weighted by Crippen LogP contribution is -2.25. The molecule has 2 aromatic rings. The molecule has 1 heterocycles. The fraction of sp³-hybridized carbons (Fsp3) is 0.250. The molecule has 0 spiro atoms. The van der Waals surface area contributed by atoms with Gasteiger partial charge in [-0.25, -0.2) is 0 Å². The average molecular weight is 313 g/mol. The molecule has 0 radical (unpaired) electrons. The topological polar surface area (TPSA) is 96.0 Å². The van der Waals surface area contributed by atoms with E-state index in [1.54, 1.807) is 24.3 Å². The van der Waals surface area contributed by atoms with Gasteiger partial charge in [-0.1, -0.05) is 6.92 Å². The van der Waals surface area contributed by atoms with Gasteiger partial charge < -0.3 is 16.0 Å². The van der Waals surface area contributed by atoms with Crippen molar-refractivity contribution in [2.45, 2.75) is 20.3 Å². The molecule has 0 unspecified atom stereocenters. The number of aromatic nitrogens is 2. The molecule has 2 amide bonds. The van der Waals surface area contributed by atoms with E-state index in [0.29, 0.717) is 12.4 Å². The van der Waals surface area contributed by atoms with Crippen LogP contribution in [0.25, 0.3) is 0 Å². The second-order valence-corrected chi connectivity index (χ2v) is 4.94. The molecule has 0 bridgehead atoms. The fourth-order valence-electron chi connectivity index (χ4n) is 1.84. The van der Waals surface area contributed by atoms with Crippen LogP contribution in [0, 0.1) is 0 Å². The first kappa shape index (κ1) is 16.4. The van der Waals surface area contributed by atoms with E-state index in [1.807, 2.05) is 19.1 Å². The van der Waals surface area contributed by atoms with E-state index in [2.05, 4.69) is 26.1 Å². The minimum Gasteiger partial charge on any atom is -0.351 e. The SMILES string of the molecule is CCCNC(=O)c1ccc(Nc2ccc(NC(C)=O)cc2)nn1. The first-order chi connectivity index (χ1) is 11.1. The molecule has 0 saturated heterocycles. The van der Waals surface area contributed by atoms with Crippen LogP contribution in [0.5, 0.6) is 0 Å². The van der Waals surface area contributed by atoms with Crippen molar-refractivity contribution in [2.75, 3.05) is 17.2 Å². The van der Waals surface area contributed by atoms with E-state index in [9.17, 15) is 9.59 Å². The second-order valence-electron chi connectivity index (χ2n) is 4.94.